The van der Waals surface area contributed by atoms with Crippen LogP contribution in [-0.4, -0.2) is 13.1 Å². The summed E-state index contributed by atoms with van der Waals surface area (Å²) in [7, 11) is 0. The minimum atomic E-state index is 0. The number of rotatable bonds is 0. The van der Waals surface area contributed by atoms with Crippen molar-refractivity contribution in [3.8, 4) is 0 Å². The van der Waals surface area contributed by atoms with Gasteiger partial charge < -0.3 is 12.7 Å². The molecular formula is C17H25NW. The van der Waals surface area contributed by atoms with Gasteiger partial charge in [0.2, 0.25) is 0 Å². The number of nitrogens with one attached hydrogen (secondary N) is 1. The Balaban J connectivity index is 0.000000902. The van der Waals surface area contributed by atoms with Crippen molar-refractivity contribution in [1.29, 1.82) is 0 Å². The molecule has 1 heterocycles. The standard InChI is InChI=1S/C16H22N.CH3.W/c1-12-3-4-14-11-16(7-9-17-10-8-16)6-5-15(14)13(12)2;;/h3-5,17H,6-11H2,1-2H3;1H3;/q2*-1;+2. The molecule has 0 aromatic heterocycles. The molecule has 0 radical (unpaired) electrons. The van der Waals surface area contributed by atoms with Gasteiger partial charge in [-0.1, -0.05) is 32.8 Å². The van der Waals surface area contributed by atoms with Crippen LogP contribution in [0.3, 0.4) is 0 Å². The SMILES string of the molecule is Cc1ccc2c(c1C)[CH-]CC1(CCNCC1)C2.[CH3-].[W+2]. The Kier molecular flexibility index (Phi) is 5.71. The molecule has 0 unspecified atom stereocenters. The summed E-state index contributed by atoms with van der Waals surface area (Å²) in [6, 6.07) is 4.65. The van der Waals surface area contributed by atoms with E-state index < -0.39 is 0 Å². The van der Waals surface area contributed by atoms with Crippen molar-refractivity contribution in [2.24, 2.45) is 5.41 Å². The van der Waals surface area contributed by atoms with Crippen LogP contribution < -0.4 is 5.32 Å². The smallest absolute Gasteiger partial charge is 0.358 e. The molecular weight excluding hydrogens is 402 g/mol. The number of hydrogen-bond acceptors (Lipinski definition) is 1. The van der Waals surface area contributed by atoms with E-state index in [2.05, 4.69) is 37.7 Å². The molecule has 1 fully saturated rings. The van der Waals surface area contributed by atoms with Crippen LogP contribution in [0.2, 0.25) is 0 Å². The third kappa shape index (κ3) is 3.09. The molecule has 1 saturated heterocycles. The van der Waals surface area contributed by atoms with Crippen molar-refractivity contribution in [2.45, 2.75) is 39.5 Å². The molecule has 0 saturated carbocycles. The van der Waals surface area contributed by atoms with E-state index in [-0.39, 0.29) is 28.5 Å². The van der Waals surface area contributed by atoms with Crippen molar-refractivity contribution in [3.63, 3.8) is 0 Å². The van der Waals surface area contributed by atoms with Crippen molar-refractivity contribution >= 4 is 0 Å². The van der Waals surface area contributed by atoms with Crippen LogP contribution in [0.25, 0.3) is 0 Å². The Labute approximate surface area is 132 Å². The second kappa shape index (κ2) is 6.46. The average Bonchev–Trinajstić information content (AvgIpc) is 2.35. The fourth-order valence-electron chi connectivity index (χ4n) is 3.46. The first-order valence-corrected chi connectivity index (χ1v) is 6.83. The molecule has 0 atom stereocenters. The quantitative estimate of drug-likeness (QED) is 0.624. The van der Waals surface area contributed by atoms with Crippen molar-refractivity contribution in [1.82, 2.24) is 5.32 Å². The number of benzene rings is 1. The number of fused-ring (bicyclic) bond motifs is 1. The minimum absolute atomic E-state index is 0. The zero-order valence-electron chi connectivity index (χ0n) is 12.4. The molecule has 0 amide bonds. The summed E-state index contributed by atoms with van der Waals surface area (Å²) in [6.07, 6.45) is 7.77. The molecule has 1 N–H and O–H groups in total. The molecule has 1 nitrogen and oxygen atoms in total. The number of aryl methyl sites for hydroxylation is 1. The maximum absolute atomic E-state index is 3.49. The van der Waals surface area contributed by atoms with Gasteiger partial charge in [-0.2, -0.15) is 12.0 Å². The van der Waals surface area contributed by atoms with Gasteiger partial charge in [0.1, 0.15) is 0 Å². The predicted octanol–water partition coefficient (Wildman–Crippen LogP) is 3.62. The van der Waals surface area contributed by atoms with Crippen LogP contribution >= 0.6 is 0 Å². The molecule has 0 bridgehead atoms. The monoisotopic (exact) mass is 427 g/mol. The average molecular weight is 427 g/mol. The first-order chi connectivity index (χ1) is 8.20. The molecule has 1 spiro atoms. The summed E-state index contributed by atoms with van der Waals surface area (Å²) in [5, 5.41) is 3.49. The van der Waals surface area contributed by atoms with E-state index >= 15 is 0 Å². The van der Waals surface area contributed by atoms with Crippen molar-refractivity contribution < 1.29 is 21.1 Å². The van der Waals surface area contributed by atoms with Crippen molar-refractivity contribution in [2.75, 3.05) is 13.1 Å². The molecule has 1 aromatic carbocycles. The van der Waals surface area contributed by atoms with Gasteiger partial charge >= 0.3 is 21.1 Å². The summed E-state index contributed by atoms with van der Waals surface area (Å²) >= 11 is 0. The van der Waals surface area contributed by atoms with E-state index in [0.717, 1.165) is 0 Å². The number of piperidine rings is 1. The van der Waals surface area contributed by atoms with Crippen LogP contribution in [0.5, 0.6) is 0 Å². The summed E-state index contributed by atoms with van der Waals surface area (Å²) in [4.78, 5) is 0. The third-order valence-corrected chi connectivity index (χ3v) is 4.84. The van der Waals surface area contributed by atoms with Gasteiger partial charge in [0.15, 0.2) is 0 Å². The Morgan fingerprint density at radius 3 is 2.53 bits per heavy atom. The predicted molar refractivity (Wildman–Crippen MR) is 78.6 cm³/mol. The van der Waals surface area contributed by atoms with Crippen LogP contribution in [0.4, 0.5) is 0 Å². The van der Waals surface area contributed by atoms with Gasteiger partial charge in [-0.25, -0.2) is 0 Å². The van der Waals surface area contributed by atoms with E-state index in [0.29, 0.717) is 5.41 Å². The molecule has 1 aliphatic carbocycles. The summed E-state index contributed by atoms with van der Waals surface area (Å²) in [5.74, 6) is 0. The molecule has 2 heteroatoms. The second-order valence-electron chi connectivity index (χ2n) is 5.92. The van der Waals surface area contributed by atoms with Gasteiger partial charge in [-0.15, -0.1) is 22.8 Å². The first kappa shape index (κ1) is 16.8. The fourth-order valence-corrected chi connectivity index (χ4v) is 3.46. The molecule has 104 valence electrons. The van der Waals surface area contributed by atoms with Crippen LogP contribution in [0, 0.1) is 33.1 Å². The molecule has 2 aliphatic rings. The largest absolute Gasteiger partial charge is 2.00 e. The molecule has 1 aliphatic heterocycles. The Morgan fingerprint density at radius 2 is 1.84 bits per heavy atom. The Morgan fingerprint density at radius 1 is 1.16 bits per heavy atom. The first-order valence-electron chi connectivity index (χ1n) is 6.83. The van der Waals surface area contributed by atoms with Crippen LogP contribution in [0.15, 0.2) is 12.1 Å². The van der Waals surface area contributed by atoms with Crippen LogP contribution in [-0.2, 0) is 27.5 Å². The Hall–Kier alpha value is -0.262. The maximum Gasteiger partial charge on any atom is 2.00 e. The van der Waals surface area contributed by atoms with Gasteiger partial charge in [0, 0.05) is 0 Å². The minimum Gasteiger partial charge on any atom is -0.358 e. The zero-order chi connectivity index (χ0) is 11.9. The second-order valence-corrected chi connectivity index (χ2v) is 5.92. The van der Waals surface area contributed by atoms with Gasteiger partial charge in [0.25, 0.3) is 0 Å². The van der Waals surface area contributed by atoms with Gasteiger partial charge in [0.05, 0.1) is 0 Å². The summed E-state index contributed by atoms with van der Waals surface area (Å²) < 4.78 is 0. The summed E-state index contributed by atoms with van der Waals surface area (Å²) in [6.45, 7) is 6.89. The Bertz CT molecular complexity index is 433. The maximum atomic E-state index is 3.49. The number of hydrogen-bond donors (Lipinski definition) is 1. The zero-order valence-corrected chi connectivity index (χ0v) is 15.3. The van der Waals surface area contributed by atoms with Gasteiger partial charge in [-0.3, -0.25) is 0 Å². The van der Waals surface area contributed by atoms with E-state index in [1.54, 1.807) is 5.56 Å². The topological polar surface area (TPSA) is 12.0 Å². The third-order valence-electron chi connectivity index (χ3n) is 4.84. The fraction of sp³-hybridized carbons (Fsp3) is 0.529. The van der Waals surface area contributed by atoms with E-state index in [1.165, 1.54) is 55.5 Å². The summed E-state index contributed by atoms with van der Waals surface area (Å²) in [5.41, 5.74) is 6.61. The molecule has 3 rings (SSSR count). The normalized spacial score (nSPS) is 19.7. The van der Waals surface area contributed by atoms with E-state index in [9.17, 15) is 0 Å². The van der Waals surface area contributed by atoms with E-state index in [1.807, 2.05) is 0 Å². The molecule has 1 aromatic rings. The van der Waals surface area contributed by atoms with Crippen molar-refractivity contribution in [3.05, 3.63) is 48.2 Å². The van der Waals surface area contributed by atoms with Gasteiger partial charge in [-0.05, 0) is 31.3 Å². The van der Waals surface area contributed by atoms with E-state index in [4.69, 9.17) is 0 Å². The molecule has 19 heavy (non-hydrogen) atoms. The van der Waals surface area contributed by atoms with Crippen LogP contribution in [0.1, 0.15) is 41.5 Å².